The molecule has 0 aliphatic rings. The predicted octanol–water partition coefficient (Wildman–Crippen LogP) is 6.97. The molecule has 0 atom stereocenters. The van der Waals surface area contributed by atoms with E-state index in [2.05, 4.69) is 102 Å². The predicted molar refractivity (Wildman–Crippen MR) is 121 cm³/mol. The Bertz CT molecular complexity index is 1180. The standard InChI is InChI=1S/C27H21NO/c1-29-23-18-16-22(17-19-23)28-26(20-10-4-2-5-11-20)24-14-8-9-15-25(24)27(28)21-12-6-3-7-13-21/h2-19H,1H3. The lowest BCUT2D eigenvalue weighted by Crippen LogP contribution is -1.99. The lowest BCUT2D eigenvalue weighted by Gasteiger charge is -2.15. The quantitative estimate of drug-likeness (QED) is 0.331. The molecular weight excluding hydrogens is 354 g/mol. The average molecular weight is 375 g/mol. The second-order valence-corrected chi connectivity index (χ2v) is 7.01. The van der Waals surface area contributed by atoms with Crippen LogP contribution in [0.2, 0.25) is 0 Å². The largest absolute Gasteiger partial charge is 0.497 e. The molecule has 0 fully saturated rings. The van der Waals surface area contributed by atoms with Crippen LogP contribution in [0.4, 0.5) is 0 Å². The Balaban J connectivity index is 1.92. The number of hydrogen-bond acceptors (Lipinski definition) is 1. The van der Waals surface area contributed by atoms with Gasteiger partial charge in [0.2, 0.25) is 0 Å². The minimum atomic E-state index is 0.855. The van der Waals surface area contributed by atoms with Crippen molar-refractivity contribution in [1.29, 1.82) is 0 Å². The van der Waals surface area contributed by atoms with Crippen LogP contribution in [0.1, 0.15) is 0 Å². The normalized spacial score (nSPS) is 10.9. The molecule has 1 heterocycles. The lowest BCUT2D eigenvalue weighted by atomic mass is 10.0. The van der Waals surface area contributed by atoms with Gasteiger partial charge in [-0.15, -0.1) is 0 Å². The van der Waals surface area contributed by atoms with Gasteiger partial charge in [-0.25, -0.2) is 0 Å². The molecule has 140 valence electrons. The van der Waals surface area contributed by atoms with E-state index in [4.69, 9.17) is 4.74 Å². The highest BCUT2D eigenvalue weighted by molar-refractivity contribution is 6.06. The molecule has 1 aromatic heterocycles. The SMILES string of the molecule is COc1ccc(-n2c(-c3ccccc3)c3ccccc3c2-c2ccccc2)cc1. The van der Waals surface area contributed by atoms with E-state index in [0.717, 1.165) is 11.4 Å². The van der Waals surface area contributed by atoms with Crippen LogP contribution in [0.25, 0.3) is 39.0 Å². The topological polar surface area (TPSA) is 14.2 Å². The Hall–Kier alpha value is -3.78. The van der Waals surface area contributed by atoms with Gasteiger partial charge in [0.25, 0.3) is 0 Å². The van der Waals surface area contributed by atoms with Gasteiger partial charge >= 0.3 is 0 Å². The first-order valence-corrected chi connectivity index (χ1v) is 9.75. The smallest absolute Gasteiger partial charge is 0.119 e. The highest BCUT2D eigenvalue weighted by atomic mass is 16.5. The Labute approximate surface area is 170 Å². The molecule has 29 heavy (non-hydrogen) atoms. The zero-order chi connectivity index (χ0) is 19.6. The summed E-state index contributed by atoms with van der Waals surface area (Å²) in [6.07, 6.45) is 0. The van der Waals surface area contributed by atoms with Crippen molar-refractivity contribution in [2.75, 3.05) is 7.11 Å². The molecule has 0 bridgehead atoms. The van der Waals surface area contributed by atoms with E-state index >= 15 is 0 Å². The maximum absolute atomic E-state index is 5.38. The van der Waals surface area contributed by atoms with Crippen LogP contribution >= 0.6 is 0 Å². The maximum atomic E-state index is 5.38. The summed E-state index contributed by atoms with van der Waals surface area (Å²) in [5.41, 5.74) is 5.90. The summed E-state index contributed by atoms with van der Waals surface area (Å²) in [5.74, 6) is 0.855. The molecule has 0 saturated carbocycles. The summed E-state index contributed by atoms with van der Waals surface area (Å²) in [6, 6.07) is 38.1. The van der Waals surface area contributed by atoms with Crippen LogP contribution < -0.4 is 4.74 Å². The first-order valence-electron chi connectivity index (χ1n) is 9.75. The van der Waals surface area contributed by atoms with Crippen molar-refractivity contribution in [3.63, 3.8) is 0 Å². The zero-order valence-electron chi connectivity index (χ0n) is 16.2. The Morgan fingerprint density at radius 3 is 1.41 bits per heavy atom. The number of hydrogen-bond donors (Lipinski definition) is 0. The fourth-order valence-corrected chi connectivity index (χ4v) is 4.00. The fourth-order valence-electron chi connectivity index (χ4n) is 4.00. The Morgan fingerprint density at radius 2 is 0.966 bits per heavy atom. The van der Waals surface area contributed by atoms with E-state index in [1.807, 2.05) is 12.1 Å². The fraction of sp³-hybridized carbons (Fsp3) is 0.0370. The number of benzene rings is 4. The molecule has 0 aliphatic heterocycles. The van der Waals surface area contributed by atoms with Gasteiger partial charge in [-0.3, -0.25) is 0 Å². The number of aromatic nitrogens is 1. The molecule has 0 spiro atoms. The third-order valence-electron chi connectivity index (χ3n) is 5.31. The van der Waals surface area contributed by atoms with Gasteiger partial charge in [-0.05, 0) is 35.4 Å². The number of fused-ring (bicyclic) bond motifs is 1. The molecular formula is C27H21NO. The van der Waals surface area contributed by atoms with Crippen molar-refractivity contribution in [2.24, 2.45) is 0 Å². The molecule has 2 heteroatoms. The average Bonchev–Trinajstić information content (AvgIpc) is 3.15. The van der Waals surface area contributed by atoms with E-state index < -0.39 is 0 Å². The molecule has 0 N–H and O–H groups in total. The van der Waals surface area contributed by atoms with Crippen LogP contribution in [-0.4, -0.2) is 11.7 Å². The number of methoxy groups -OCH3 is 1. The molecule has 0 amide bonds. The van der Waals surface area contributed by atoms with Crippen LogP contribution in [-0.2, 0) is 0 Å². The van der Waals surface area contributed by atoms with E-state index in [-0.39, 0.29) is 0 Å². The van der Waals surface area contributed by atoms with Crippen LogP contribution in [0.5, 0.6) is 5.75 Å². The van der Waals surface area contributed by atoms with Gasteiger partial charge in [0.05, 0.1) is 18.5 Å². The third-order valence-corrected chi connectivity index (χ3v) is 5.31. The summed E-state index contributed by atoms with van der Waals surface area (Å²) in [6.45, 7) is 0. The van der Waals surface area contributed by atoms with Crippen molar-refractivity contribution >= 4 is 10.8 Å². The second kappa shape index (κ2) is 7.33. The van der Waals surface area contributed by atoms with Crippen molar-refractivity contribution < 1.29 is 4.74 Å². The van der Waals surface area contributed by atoms with Gasteiger partial charge in [0.15, 0.2) is 0 Å². The van der Waals surface area contributed by atoms with Crippen LogP contribution in [0.15, 0.2) is 109 Å². The van der Waals surface area contributed by atoms with Gasteiger partial charge in [-0.1, -0.05) is 84.9 Å². The van der Waals surface area contributed by atoms with E-state index in [9.17, 15) is 0 Å². The lowest BCUT2D eigenvalue weighted by molar-refractivity contribution is 0.415. The second-order valence-electron chi connectivity index (χ2n) is 7.01. The van der Waals surface area contributed by atoms with Crippen molar-refractivity contribution in [3.05, 3.63) is 109 Å². The molecule has 0 saturated heterocycles. The van der Waals surface area contributed by atoms with E-state index in [0.29, 0.717) is 0 Å². The van der Waals surface area contributed by atoms with E-state index in [1.54, 1.807) is 7.11 Å². The molecule has 0 unspecified atom stereocenters. The molecule has 0 aliphatic carbocycles. The third kappa shape index (κ3) is 2.99. The summed E-state index contributed by atoms with van der Waals surface area (Å²) >= 11 is 0. The summed E-state index contributed by atoms with van der Waals surface area (Å²) in [4.78, 5) is 0. The van der Waals surface area contributed by atoms with Gasteiger partial charge in [0, 0.05) is 16.5 Å². The number of rotatable bonds is 4. The first-order chi connectivity index (χ1) is 14.4. The van der Waals surface area contributed by atoms with E-state index in [1.165, 1.54) is 33.3 Å². The summed E-state index contributed by atoms with van der Waals surface area (Å²) in [5, 5.41) is 2.49. The van der Waals surface area contributed by atoms with Crippen molar-refractivity contribution in [2.45, 2.75) is 0 Å². The molecule has 5 aromatic rings. The highest BCUT2D eigenvalue weighted by Gasteiger charge is 2.20. The molecule has 2 nitrogen and oxygen atoms in total. The van der Waals surface area contributed by atoms with Crippen molar-refractivity contribution in [3.8, 4) is 34.0 Å². The Kier molecular flexibility index (Phi) is 4.38. The maximum Gasteiger partial charge on any atom is 0.119 e. The number of ether oxygens (including phenoxy) is 1. The highest BCUT2D eigenvalue weighted by Crippen LogP contribution is 2.41. The van der Waals surface area contributed by atoms with Gasteiger partial charge in [0.1, 0.15) is 5.75 Å². The summed E-state index contributed by atoms with van der Waals surface area (Å²) < 4.78 is 7.75. The van der Waals surface area contributed by atoms with Crippen LogP contribution in [0, 0.1) is 0 Å². The minimum Gasteiger partial charge on any atom is -0.497 e. The monoisotopic (exact) mass is 375 g/mol. The van der Waals surface area contributed by atoms with Gasteiger partial charge in [-0.2, -0.15) is 0 Å². The zero-order valence-corrected chi connectivity index (χ0v) is 16.2. The van der Waals surface area contributed by atoms with Crippen LogP contribution in [0.3, 0.4) is 0 Å². The Morgan fingerprint density at radius 1 is 0.517 bits per heavy atom. The minimum absolute atomic E-state index is 0.855. The summed E-state index contributed by atoms with van der Waals surface area (Å²) in [7, 11) is 1.70. The van der Waals surface area contributed by atoms with Gasteiger partial charge < -0.3 is 9.30 Å². The first kappa shape index (κ1) is 17.3. The molecule has 4 aromatic carbocycles. The number of nitrogens with zero attached hydrogens (tertiary/aromatic N) is 1. The van der Waals surface area contributed by atoms with Crippen molar-refractivity contribution in [1.82, 2.24) is 4.57 Å². The molecule has 0 radical (unpaired) electrons. The molecule has 5 rings (SSSR count).